The number of rotatable bonds is 4. The van der Waals surface area contributed by atoms with Gasteiger partial charge in [-0.2, -0.15) is 0 Å². The van der Waals surface area contributed by atoms with Gasteiger partial charge in [-0.1, -0.05) is 11.6 Å². The van der Waals surface area contributed by atoms with Crippen molar-refractivity contribution < 1.29 is 23.9 Å². The van der Waals surface area contributed by atoms with E-state index in [1.807, 2.05) is 0 Å². The summed E-state index contributed by atoms with van der Waals surface area (Å²) in [6.07, 6.45) is 1.54. The third-order valence-corrected chi connectivity index (χ3v) is 5.39. The SMILES string of the molecule is O=C(O)CC1CCN(C(=O)C2CC(=O)N(c3ccc(Cl)c(F)c3)C2)CC1. The van der Waals surface area contributed by atoms with Crippen LogP contribution in [-0.4, -0.2) is 47.4 Å². The van der Waals surface area contributed by atoms with Crippen LogP contribution in [0.2, 0.25) is 5.02 Å². The van der Waals surface area contributed by atoms with Crippen LogP contribution in [0.4, 0.5) is 10.1 Å². The summed E-state index contributed by atoms with van der Waals surface area (Å²) in [6, 6.07) is 4.15. The van der Waals surface area contributed by atoms with Gasteiger partial charge in [-0.05, 0) is 37.0 Å². The minimum absolute atomic E-state index is 0.0164. The molecule has 0 aromatic heterocycles. The first-order valence-electron chi connectivity index (χ1n) is 8.61. The number of likely N-dealkylation sites (tertiary alicyclic amines) is 1. The lowest BCUT2D eigenvalue weighted by Crippen LogP contribution is -2.42. The minimum Gasteiger partial charge on any atom is -0.481 e. The van der Waals surface area contributed by atoms with Crippen molar-refractivity contribution in [2.24, 2.45) is 11.8 Å². The maximum absolute atomic E-state index is 13.6. The van der Waals surface area contributed by atoms with Crippen molar-refractivity contribution in [1.82, 2.24) is 4.90 Å². The Morgan fingerprint density at radius 1 is 1.27 bits per heavy atom. The maximum Gasteiger partial charge on any atom is 0.303 e. The Bertz CT molecular complexity index is 734. The molecule has 0 saturated carbocycles. The van der Waals surface area contributed by atoms with Crippen molar-refractivity contribution in [1.29, 1.82) is 0 Å². The van der Waals surface area contributed by atoms with E-state index in [0.29, 0.717) is 31.6 Å². The predicted molar refractivity (Wildman–Crippen MR) is 93.4 cm³/mol. The Labute approximate surface area is 155 Å². The Morgan fingerprint density at radius 2 is 1.96 bits per heavy atom. The molecule has 2 fully saturated rings. The van der Waals surface area contributed by atoms with Gasteiger partial charge in [-0.3, -0.25) is 14.4 Å². The molecule has 0 radical (unpaired) electrons. The molecule has 140 valence electrons. The lowest BCUT2D eigenvalue weighted by Gasteiger charge is -2.33. The first-order chi connectivity index (χ1) is 12.3. The van der Waals surface area contributed by atoms with Crippen LogP contribution < -0.4 is 4.90 Å². The number of carbonyl (C=O) groups is 3. The molecule has 0 spiro atoms. The predicted octanol–water partition coefficient (Wildman–Crippen LogP) is 2.55. The highest BCUT2D eigenvalue weighted by molar-refractivity contribution is 6.30. The molecule has 3 rings (SSSR count). The summed E-state index contributed by atoms with van der Waals surface area (Å²) in [4.78, 5) is 38.9. The molecular formula is C18H20ClFN2O4. The van der Waals surface area contributed by atoms with Gasteiger partial charge in [0.2, 0.25) is 11.8 Å². The highest BCUT2D eigenvalue weighted by Gasteiger charge is 2.38. The van der Waals surface area contributed by atoms with Gasteiger partial charge < -0.3 is 14.9 Å². The number of hydrogen-bond donors (Lipinski definition) is 1. The van der Waals surface area contributed by atoms with Crippen molar-refractivity contribution in [3.63, 3.8) is 0 Å². The third-order valence-electron chi connectivity index (χ3n) is 5.08. The number of anilines is 1. The molecule has 2 aliphatic heterocycles. The van der Waals surface area contributed by atoms with Crippen LogP contribution in [0, 0.1) is 17.7 Å². The molecule has 2 aliphatic rings. The topological polar surface area (TPSA) is 77.9 Å². The lowest BCUT2D eigenvalue weighted by atomic mass is 9.92. The summed E-state index contributed by atoms with van der Waals surface area (Å²) < 4.78 is 13.6. The zero-order chi connectivity index (χ0) is 18.8. The molecule has 1 unspecified atom stereocenters. The largest absolute Gasteiger partial charge is 0.481 e. The summed E-state index contributed by atoms with van der Waals surface area (Å²) in [6.45, 7) is 1.24. The number of aliphatic carboxylic acids is 1. The van der Waals surface area contributed by atoms with Crippen molar-refractivity contribution in [3.8, 4) is 0 Å². The fourth-order valence-electron chi connectivity index (χ4n) is 3.64. The average Bonchev–Trinajstić information content (AvgIpc) is 2.99. The summed E-state index contributed by atoms with van der Waals surface area (Å²) in [7, 11) is 0. The quantitative estimate of drug-likeness (QED) is 0.868. The van der Waals surface area contributed by atoms with Crippen LogP contribution >= 0.6 is 11.6 Å². The standard InChI is InChI=1S/C18H20ClFN2O4/c19-14-2-1-13(9-15(14)20)22-10-12(8-16(22)23)18(26)21-5-3-11(4-6-21)7-17(24)25/h1-2,9,11-12H,3-8,10H2,(H,24,25). The van der Waals surface area contributed by atoms with E-state index in [1.54, 1.807) is 11.0 Å². The van der Waals surface area contributed by atoms with Gasteiger partial charge >= 0.3 is 5.97 Å². The number of halogens is 2. The normalized spacial score (nSPS) is 21.3. The van der Waals surface area contributed by atoms with Gasteiger partial charge in [0.25, 0.3) is 0 Å². The summed E-state index contributed by atoms with van der Waals surface area (Å²) in [5.74, 6) is -2.10. The van der Waals surface area contributed by atoms with E-state index in [-0.39, 0.29) is 42.1 Å². The van der Waals surface area contributed by atoms with Crippen LogP contribution in [0.5, 0.6) is 0 Å². The number of nitrogens with zero attached hydrogens (tertiary/aromatic N) is 2. The number of amides is 2. The highest BCUT2D eigenvalue weighted by Crippen LogP contribution is 2.30. The summed E-state index contributed by atoms with van der Waals surface area (Å²) in [5.41, 5.74) is 0.396. The number of carbonyl (C=O) groups excluding carboxylic acids is 2. The summed E-state index contributed by atoms with van der Waals surface area (Å²) >= 11 is 5.67. The van der Waals surface area contributed by atoms with Gasteiger partial charge in [-0.25, -0.2) is 4.39 Å². The van der Waals surface area contributed by atoms with Gasteiger partial charge in [0.1, 0.15) is 5.82 Å². The number of carboxylic acids is 1. The molecule has 1 aromatic carbocycles. The van der Waals surface area contributed by atoms with E-state index >= 15 is 0 Å². The van der Waals surface area contributed by atoms with Gasteiger partial charge in [0, 0.05) is 38.2 Å². The molecule has 8 heteroatoms. The van der Waals surface area contributed by atoms with Gasteiger partial charge in [-0.15, -0.1) is 0 Å². The fourth-order valence-corrected chi connectivity index (χ4v) is 3.76. The molecule has 1 atom stereocenters. The monoisotopic (exact) mass is 382 g/mol. The molecule has 6 nitrogen and oxygen atoms in total. The van der Waals surface area contributed by atoms with E-state index < -0.39 is 17.7 Å². The highest BCUT2D eigenvalue weighted by atomic mass is 35.5. The van der Waals surface area contributed by atoms with Crippen LogP contribution in [0.15, 0.2) is 18.2 Å². The van der Waals surface area contributed by atoms with E-state index in [9.17, 15) is 18.8 Å². The molecule has 0 aliphatic carbocycles. The number of hydrogen-bond acceptors (Lipinski definition) is 3. The van der Waals surface area contributed by atoms with E-state index in [2.05, 4.69) is 0 Å². The van der Waals surface area contributed by atoms with Crippen molar-refractivity contribution in [2.75, 3.05) is 24.5 Å². The van der Waals surface area contributed by atoms with E-state index in [0.717, 1.165) is 0 Å². The number of benzene rings is 1. The van der Waals surface area contributed by atoms with Gasteiger partial charge in [0.05, 0.1) is 10.9 Å². The first kappa shape index (κ1) is 18.6. The first-order valence-corrected chi connectivity index (χ1v) is 8.99. The Kier molecular flexibility index (Phi) is 5.46. The molecule has 0 bridgehead atoms. The molecule has 1 aromatic rings. The zero-order valence-electron chi connectivity index (χ0n) is 14.2. The van der Waals surface area contributed by atoms with Crippen LogP contribution in [0.25, 0.3) is 0 Å². The van der Waals surface area contributed by atoms with Crippen molar-refractivity contribution in [3.05, 3.63) is 29.0 Å². The molecule has 2 saturated heterocycles. The number of piperidine rings is 1. The molecule has 2 heterocycles. The second kappa shape index (κ2) is 7.61. The van der Waals surface area contributed by atoms with Crippen LogP contribution in [0.3, 0.4) is 0 Å². The third kappa shape index (κ3) is 3.98. The Morgan fingerprint density at radius 3 is 2.58 bits per heavy atom. The maximum atomic E-state index is 13.6. The van der Waals surface area contributed by atoms with Gasteiger partial charge in [0.15, 0.2) is 0 Å². The van der Waals surface area contributed by atoms with Crippen molar-refractivity contribution in [2.45, 2.75) is 25.7 Å². The zero-order valence-corrected chi connectivity index (χ0v) is 14.9. The van der Waals surface area contributed by atoms with Crippen molar-refractivity contribution >= 4 is 35.1 Å². The number of carboxylic acid groups (broad SMARTS) is 1. The van der Waals surface area contributed by atoms with Crippen LogP contribution in [0.1, 0.15) is 25.7 Å². The molecule has 1 N–H and O–H groups in total. The molecular weight excluding hydrogens is 363 g/mol. The molecule has 2 amide bonds. The second-order valence-electron chi connectivity index (χ2n) is 6.87. The Hall–Kier alpha value is -2.15. The van der Waals surface area contributed by atoms with E-state index in [1.165, 1.54) is 17.0 Å². The minimum atomic E-state index is -0.818. The fraction of sp³-hybridized carbons (Fsp3) is 0.500. The van der Waals surface area contributed by atoms with Crippen LogP contribution in [-0.2, 0) is 14.4 Å². The lowest BCUT2D eigenvalue weighted by molar-refractivity contribution is -0.139. The van der Waals surface area contributed by atoms with E-state index in [4.69, 9.17) is 16.7 Å². The Balaban J connectivity index is 1.61. The average molecular weight is 383 g/mol. The summed E-state index contributed by atoms with van der Waals surface area (Å²) in [5, 5.41) is 8.84. The molecule has 26 heavy (non-hydrogen) atoms. The smallest absolute Gasteiger partial charge is 0.303 e. The second-order valence-corrected chi connectivity index (χ2v) is 7.28.